The fraction of sp³-hybridized carbons (Fsp3) is 0.200. The van der Waals surface area contributed by atoms with Crippen LogP contribution in [0.15, 0.2) is 29.5 Å². The molecular weight excluding hydrogens is 178 g/mol. The Labute approximate surface area is 80.9 Å². The van der Waals surface area contributed by atoms with E-state index in [1.165, 1.54) is 6.08 Å². The van der Waals surface area contributed by atoms with Gasteiger partial charge in [0, 0.05) is 12.6 Å². The molecule has 0 saturated heterocycles. The highest BCUT2D eigenvalue weighted by molar-refractivity contribution is 5.55. The number of fused-ring (bicyclic) bond motifs is 1. The van der Waals surface area contributed by atoms with Crippen LogP contribution < -0.4 is 0 Å². The van der Waals surface area contributed by atoms with Gasteiger partial charge >= 0.3 is 0 Å². The van der Waals surface area contributed by atoms with Gasteiger partial charge in [0.05, 0.1) is 17.4 Å². The van der Waals surface area contributed by atoms with Gasteiger partial charge in [-0.3, -0.25) is 0 Å². The predicted molar refractivity (Wildman–Crippen MR) is 52.4 cm³/mol. The second-order valence-electron chi connectivity index (χ2n) is 2.91. The molecular formula is C10H9N3O. The molecule has 0 spiro atoms. The Morgan fingerprint density at radius 2 is 2.43 bits per heavy atom. The number of aromatic nitrogens is 2. The van der Waals surface area contributed by atoms with Gasteiger partial charge in [0.1, 0.15) is 5.82 Å². The molecule has 4 heteroatoms. The van der Waals surface area contributed by atoms with Crippen molar-refractivity contribution in [3.05, 3.63) is 30.4 Å². The molecule has 70 valence electrons. The maximum absolute atomic E-state index is 10.1. The van der Waals surface area contributed by atoms with Crippen LogP contribution in [0.4, 0.5) is 5.69 Å². The fourth-order valence-electron chi connectivity index (χ4n) is 1.41. The van der Waals surface area contributed by atoms with Crippen molar-refractivity contribution in [2.75, 3.05) is 0 Å². The first-order valence-corrected chi connectivity index (χ1v) is 4.39. The summed E-state index contributed by atoms with van der Waals surface area (Å²) in [7, 11) is 0. The van der Waals surface area contributed by atoms with Gasteiger partial charge in [0.25, 0.3) is 0 Å². The Morgan fingerprint density at radius 3 is 3.14 bits per heavy atom. The fourth-order valence-corrected chi connectivity index (χ4v) is 1.41. The standard InChI is InChI=1S/C10H9N3O/c1-2-10-11-5-9-4-3-8(12-7-14)6-13(9)10/h3-6H,2H2,1H3. The smallest absolute Gasteiger partial charge is 0.240 e. The van der Waals surface area contributed by atoms with Crippen molar-refractivity contribution in [1.29, 1.82) is 0 Å². The second kappa shape index (κ2) is 3.44. The van der Waals surface area contributed by atoms with Crippen LogP contribution in [0, 0.1) is 0 Å². The van der Waals surface area contributed by atoms with Crippen LogP contribution in [-0.2, 0) is 11.2 Å². The van der Waals surface area contributed by atoms with Gasteiger partial charge in [-0.25, -0.2) is 9.78 Å². The molecule has 4 nitrogen and oxygen atoms in total. The lowest BCUT2D eigenvalue weighted by Gasteiger charge is -1.98. The second-order valence-corrected chi connectivity index (χ2v) is 2.91. The molecule has 0 aliphatic rings. The molecule has 0 amide bonds. The van der Waals surface area contributed by atoms with Crippen molar-refractivity contribution in [3.8, 4) is 0 Å². The largest absolute Gasteiger partial charge is 0.302 e. The minimum atomic E-state index is 0.597. The molecule has 2 aromatic heterocycles. The van der Waals surface area contributed by atoms with Gasteiger partial charge in [-0.2, -0.15) is 4.99 Å². The van der Waals surface area contributed by atoms with E-state index in [-0.39, 0.29) is 0 Å². The molecule has 0 unspecified atom stereocenters. The first kappa shape index (κ1) is 8.66. The SMILES string of the molecule is CCc1ncc2ccc(N=C=O)cn12. The van der Waals surface area contributed by atoms with Crippen LogP contribution in [0.5, 0.6) is 0 Å². The van der Waals surface area contributed by atoms with E-state index in [0.29, 0.717) is 5.69 Å². The van der Waals surface area contributed by atoms with E-state index in [1.807, 2.05) is 17.4 Å². The molecule has 2 aromatic rings. The van der Waals surface area contributed by atoms with E-state index in [1.54, 1.807) is 18.5 Å². The van der Waals surface area contributed by atoms with Crippen molar-refractivity contribution in [2.45, 2.75) is 13.3 Å². The van der Waals surface area contributed by atoms with Crippen molar-refractivity contribution < 1.29 is 4.79 Å². The number of carbonyl (C=O) groups excluding carboxylic acids is 1. The Balaban J connectivity index is 2.66. The Hall–Kier alpha value is -1.93. The molecule has 0 N–H and O–H groups in total. The number of hydrogen-bond donors (Lipinski definition) is 0. The van der Waals surface area contributed by atoms with E-state index >= 15 is 0 Å². The highest BCUT2D eigenvalue weighted by Crippen LogP contribution is 2.15. The summed E-state index contributed by atoms with van der Waals surface area (Å²) in [6.45, 7) is 2.03. The zero-order chi connectivity index (χ0) is 9.97. The zero-order valence-electron chi connectivity index (χ0n) is 7.77. The zero-order valence-corrected chi connectivity index (χ0v) is 7.77. The molecule has 0 aromatic carbocycles. The number of hydrogen-bond acceptors (Lipinski definition) is 3. The van der Waals surface area contributed by atoms with Gasteiger partial charge in [-0.05, 0) is 12.1 Å². The molecule has 14 heavy (non-hydrogen) atoms. The first-order valence-electron chi connectivity index (χ1n) is 4.39. The van der Waals surface area contributed by atoms with Crippen LogP contribution in [-0.4, -0.2) is 15.5 Å². The lowest BCUT2D eigenvalue weighted by Crippen LogP contribution is -1.90. The van der Waals surface area contributed by atoms with Crippen molar-refractivity contribution in [1.82, 2.24) is 9.38 Å². The third kappa shape index (κ3) is 1.32. The molecule has 2 rings (SSSR count). The van der Waals surface area contributed by atoms with Crippen LogP contribution in [0.2, 0.25) is 0 Å². The maximum Gasteiger partial charge on any atom is 0.240 e. The lowest BCUT2D eigenvalue weighted by atomic mass is 10.4. The molecule has 0 atom stereocenters. The first-order chi connectivity index (χ1) is 6.85. The van der Waals surface area contributed by atoms with E-state index in [4.69, 9.17) is 0 Å². The van der Waals surface area contributed by atoms with Gasteiger partial charge in [-0.1, -0.05) is 6.92 Å². The Kier molecular flexibility index (Phi) is 2.13. The normalized spacial score (nSPS) is 10.1. The number of pyridine rings is 1. The number of rotatable bonds is 2. The van der Waals surface area contributed by atoms with E-state index in [0.717, 1.165) is 17.8 Å². The summed E-state index contributed by atoms with van der Waals surface area (Å²) >= 11 is 0. The van der Waals surface area contributed by atoms with Crippen LogP contribution in [0.1, 0.15) is 12.7 Å². The third-order valence-electron chi connectivity index (χ3n) is 2.08. The van der Waals surface area contributed by atoms with Crippen molar-refractivity contribution in [3.63, 3.8) is 0 Å². The maximum atomic E-state index is 10.1. The quantitative estimate of drug-likeness (QED) is 0.532. The van der Waals surface area contributed by atoms with Gasteiger partial charge in [0.15, 0.2) is 0 Å². The predicted octanol–water partition coefficient (Wildman–Crippen LogP) is 1.86. The number of nitrogens with zero attached hydrogens (tertiary/aromatic N) is 3. The Bertz CT molecular complexity index is 509. The number of isocyanates is 1. The summed E-state index contributed by atoms with van der Waals surface area (Å²) < 4.78 is 1.93. The molecule has 0 fully saturated rings. The van der Waals surface area contributed by atoms with Gasteiger partial charge in [-0.15, -0.1) is 0 Å². The average Bonchev–Trinajstić information content (AvgIpc) is 2.60. The van der Waals surface area contributed by atoms with Gasteiger partial charge < -0.3 is 4.40 Å². The average molecular weight is 187 g/mol. The van der Waals surface area contributed by atoms with Crippen LogP contribution >= 0.6 is 0 Å². The Morgan fingerprint density at radius 1 is 1.57 bits per heavy atom. The molecule has 0 bridgehead atoms. The molecule has 0 aliphatic heterocycles. The third-order valence-corrected chi connectivity index (χ3v) is 2.08. The highest BCUT2D eigenvalue weighted by atomic mass is 16.1. The van der Waals surface area contributed by atoms with Gasteiger partial charge in [0.2, 0.25) is 6.08 Å². The topological polar surface area (TPSA) is 46.7 Å². The van der Waals surface area contributed by atoms with E-state index in [9.17, 15) is 4.79 Å². The number of aliphatic imine (C=N–C) groups is 1. The summed E-state index contributed by atoms with van der Waals surface area (Å²) in [4.78, 5) is 17.9. The molecule has 0 saturated carbocycles. The summed E-state index contributed by atoms with van der Waals surface area (Å²) in [6, 6.07) is 3.64. The van der Waals surface area contributed by atoms with Crippen LogP contribution in [0.3, 0.4) is 0 Å². The summed E-state index contributed by atoms with van der Waals surface area (Å²) in [5.41, 5.74) is 1.60. The summed E-state index contributed by atoms with van der Waals surface area (Å²) in [6.07, 6.45) is 5.95. The van der Waals surface area contributed by atoms with Crippen molar-refractivity contribution in [2.24, 2.45) is 4.99 Å². The summed E-state index contributed by atoms with van der Waals surface area (Å²) in [5.74, 6) is 0.961. The summed E-state index contributed by atoms with van der Waals surface area (Å²) in [5, 5.41) is 0. The highest BCUT2D eigenvalue weighted by Gasteiger charge is 2.01. The minimum absolute atomic E-state index is 0.597. The molecule has 2 heterocycles. The number of aryl methyl sites for hydroxylation is 1. The molecule has 0 aliphatic carbocycles. The minimum Gasteiger partial charge on any atom is -0.302 e. The van der Waals surface area contributed by atoms with E-state index in [2.05, 4.69) is 9.98 Å². The monoisotopic (exact) mass is 187 g/mol. The van der Waals surface area contributed by atoms with E-state index < -0.39 is 0 Å². The van der Waals surface area contributed by atoms with Crippen molar-refractivity contribution >= 4 is 17.3 Å². The number of imidazole rings is 1. The lowest BCUT2D eigenvalue weighted by molar-refractivity contribution is 0.565. The molecule has 0 radical (unpaired) electrons. The van der Waals surface area contributed by atoms with Crippen LogP contribution in [0.25, 0.3) is 5.52 Å².